The van der Waals surface area contributed by atoms with Gasteiger partial charge in [-0.15, -0.1) is 0 Å². The van der Waals surface area contributed by atoms with E-state index in [2.05, 4.69) is 200 Å². The number of furan rings is 2. The number of nitrogens with zero attached hydrogens (tertiary/aromatic N) is 6. The molecule has 0 saturated carbocycles. The number of benzene rings is 11. The Labute approximate surface area is 431 Å². The van der Waals surface area contributed by atoms with Gasteiger partial charge in [-0.2, -0.15) is 5.26 Å². The monoisotopic (exact) mass is 968 g/mol. The molecule has 0 unspecified atom stereocenters. The number of nitriles is 1. The molecular weight excluding hydrogens is 933 g/mol. The lowest BCUT2D eigenvalue weighted by atomic mass is 10.0. The second-order valence-electron chi connectivity index (χ2n) is 19.6. The van der Waals surface area contributed by atoms with Crippen LogP contribution in [-0.4, -0.2) is 18.3 Å². The lowest BCUT2D eigenvalue weighted by Crippen LogP contribution is -2.14. The second-order valence-corrected chi connectivity index (χ2v) is 19.6. The molecule has 0 radical (unpaired) electrons. The zero-order valence-electron chi connectivity index (χ0n) is 40.3. The molecule has 0 aliphatic rings. The van der Waals surface area contributed by atoms with E-state index in [1.807, 2.05) is 42.5 Å². The minimum atomic E-state index is 0.322. The number of rotatable bonds is 4. The molecule has 6 heterocycles. The van der Waals surface area contributed by atoms with Crippen LogP contribution >= 0.6 is 0 Å². The quantitative estimate of drug-likeness (QED) is 0.165. The van der Waals surface area contributed by atoms with Crippen molar-refractivity contribution in [1.29, 1.82) is 5.26 Å². The first-order valence-corrected chi connectivity index (χ1v) is 25.4. The van der Waals surface area contributed by atoms with Crippen molar-refractivity contribution in [2.75, 3.05) is 0 Å². The fraction of sp³-hybridized carbons (Fsp3) is 0. The Hall–Kier alpha value is -10.8. The van der Waals surface area contributed by atoms with Gasteiger partial charge in [-0.25, -0.2) is 4.85 Å². The Kier molecular flexibility index (Phi) is 7.99. The van der Waals surface area contributed by atoms with Crippen LogP contribution < -0.4 is 0 Å². The fourth-order valence-electron chi connectivity index (χ4n) is 13.1. The van der Waals surface area contributed by atoms with Gasteiger partial charge in [0, 0.05) is 64.6 Å². The van der Waals surface area contributed by atoms with E-state index in [4.69, 9.17) is 13.7 Å². The Balaban J connectivity index is 1.19. The largest absolute Gasteiger partial charge is 0.456 e. The van der Waals surface area contributed by atoms with Crippen molar-refractivity contribution < 1.29 is 8.83 Å². The first kappa shape index (κ1) is 40.8. The molecule has 8 heteroatoms. The number of hydrogen-bond acceptors (Lipinski definition) is 3. The summed E-state index contributed by atoms with van der Waals surface area (Å²) in [5.74, 6) is 0. The number of fused-ring (bicyclic) bond motifs is 20. The third-order valence-corrected chi connectivity index (χ3v) is 16.0. The predicted octanol–water partition coefficient (Wildman–Crippen LogP) is 18.3. The van der Waals surface area contributed by atoms with Crippen LogP contribution in [0.3, 0.4) is 0 Å². The first-order chi connectivity index (χ1) is 37.7. The SMILES string of the molecule is [C-]#[N+]c1c(-n2c3ccccc3c3ccccc32)c(-n2c3ccccc3c3c4c(ccc32)oc2ccccc24)c(-n2c3ccccc3c3ccccc32)c(C#N)c1-n1c2ccccc2c2c3c(ccc21)oc1ccccc13. The topological polar surface area (TPSA) is 74.2 Å². The molecular formula is C68H36N6O2. The standard InChI is InChI=1S/C68H36N6O2/c1-70-64-65(73-52-30-14-6-22-43(52)60-54(73)34-36-58-62(60)45-24-8-16-32-56(45)75-58)47(38-69)66(71-48-26-10-2-18-39(48)40-19-3-11-27-49(40)71)68(67(64)72-50-28-12-4-20-41(50)42-21-5-13-29-51(42)72)74-53-31-15-7-23-44(53)61-55(74)35-37-59-63(61)46-25-9-17-33-57(46)76-59/h2-37H. The smallest absolute Gasteiger partial charge is 0.237 e. The maximum atomic E-state index is 12.6. The van der Waals surface area contributed by atoms with Crippen molar-refractivity contribution in [2.24, 2.45) is 0 Å². The van der Waals surface area contributed by atoms with Crippen LogP contribution in [0.25, 0.3) is 159 Å². The highest BCUT2D eigenvalue weighted by Gasteiger charge is 2.35. The predicted molar refractivity (Wildman–Crippen MR) is 309 cm³/mol. The van der Waals surface area contributed by atoms with Crippen LogP contribution in [0.4, 0.5) is 5.69 Å². The summed E-state index contributed by atoms with van der Waals surface area (Å²) in [5, 5.41) is 24.8. The van der Waals surface area contributed by atoms with E-state index in [1.54, 1.807) is 0 Å². The summed E-state index contributed by atoms with van der Waals surface area (Å²) >= 11 is 0. The highest BCUT2D eigenvalue weighted by Crippen LogP contribution is 2.53. The molecule has 0 fully saturated rings. The van der Waals surface area contributed by atoms with Gasteiger partial charge in [-0.3, -0.25) is 0 Å². The molecule has 0 aliphatic heterocycles. The van der Waals surface area contributed by atoms with E-state index in [9.17, 15) is 11.8 Å². The molecule has 6 aromatic heterocycles. The van der Waals surface area contributed by atoms with Gasteiger partial charge in [0.05, 0.1) is 79.0 Å². The van der Waals surface area contributed by atoms with Gasteiger partial charge in [0.15, 0.2) is 0 Å². The van der Waals surface area contributed by atoms with Gasteiger partial charge in [-0.05, 0) is 72.8 Å². The summed E-state index contributed by atoms with van der Waals surface area (Å²) in [6.07, 6.45) is 0. The molecule has 350 valence electrons. The van der Waals surface area contributed by atoms with Crippen LogP contribution in [0.1, 0.15) is 5.56 Å². The summed E-state index contributed by atoms with van der Waals surface area (Å²) in [7, 11) is 0. The normalized spacial score (nSPS) is 12.2. The molecule has 11 aromatic carbocycles. The number of para-hydroxylation sites is 8. The maximum Gasteiger partial charge on any atom is 0.237 e. The van der Waals surface area contributed by atoms with Gasteiger partial charge < -0.3 is 27.1 Å². The van der Waals surface area contributed by atoms with Crippen LogP contribution in [0.2, 0.25) is 0 Å². The minimum absolute atomic E-state index is 0.322. The van der Waals surface area contributed by atoms with Gasteiger partial charge in [-0.1, -0.05) is 146 Å². The van der Waals surface area contributed by atoms with Gasteiger partial charge in [0.1, 0.15) is 28.4 Å². The van der Waals surface area contributed by atoms with Crippen LogP contribution in [0, 0.1) is 17.9 Å². The van der Waals surface area contributed by atoms with Gasteiger partial charge >= 0.3 is 0 Å². The third kappa shape index (κ3) is 5.09. The molecule has 0 bridgehead atoms. The van der Waals surface area contributed by atoms with Crippen molar-refractivity contribution in [3.05, 3.63) is 235 Å². The molecule has 8 nitrogen and oxygen atoms in total. The molecule has 17 rings (SSSR count). The van der Waals surface area contributed by atoms with Crippen molar-refractivity contribution in [3.8, 4) is 28.8 Å². The third-order valence-electron chi connectivity index (χ3n) is 16.0. The minimum Gasteiger partial charge on any atom is -0.456 e. The summed E-state index contributed by atoms with van der Waals surface area (Å²) < 4.78 is 22.3. The summed E-state index contributed by atoms with van der Waals surface area (Å²) in [5.41, 5.74) is 13.5. The summed E-state index contributed by atoms with van der Waals surface area (Å²) in [6.45, 7) is 9.83. The average molecular weight is 969 g/mol. The maximum absolute atomic E-state index is 12.6. The Bertz CT molecular complexity index is 5260. The van der Waals surface area contributed by atoms with E-state index in [0.717, 1.165) is 131 Å². The van der Waals surface area contributed by atoms with E-state index in [-0.39, 0.29) is 0 Å². The Morgan fingerprint density at radius 2 is 0.632 bits per heavy atom. The fourth-order valence-corrected chi connectivity index (χ4v) is 13.1. The molecule has 0 amide bonds. The van der Waals surface area contributed by atoms with Crippen molar-refractivity contribution in [1.82, 2.24) is 18.3 Å². The summed E-state index contributed by atoms with van der Waals surface area (Å²) in [4.78, 5) is 4.78. The molecule has 0 spiro atoms. The summed E-state index contributed by atoms with van der Waals surface area (Å²) in [6, 6.07) is 78.4. The Morgan fingerprint density at radius 1 is 0.303 bits per heavy atom. The van der Waals surface area contributed by atoms with Crippen LogP contribution in [0.5, 0.6) is 0 Å². The molecule has 0 atom stereocenters. The zero-order valence-corrected chi connectivity index (χ0v) is 40.3. The van der Waals surface area contributed by atoms with Gasteiger partial charge in [0.25, 0.3) is 0 Å². The molecule has 76 heavy (non-hydrogen) atoms. The first-order valence-electron chi connectivity index (χ1n) is 25.4. The lowest BCUT2D eigenvalue weighted by Gasteiger charge is -2.27. The number of hydrogen-bond donors (Lipinski definition) is 0. The highest BCUT2D eigenvalue weighted by atomic mass is 16.3. The second kappa shape index (κ2) is 14.9. The zero-order chi connectivity index (χ0) is 49.9. The Morgan fingerprint density at radius 3 is 1.04 bits per heavy atom. The van der Waals surface area contributed by atoms with Gasteiger partial charge in [0.2, 0.25) is 5.69 Å². The highest BCUT2D eigenvalue weighted by molar-refractivity contribution is 6.29. The average Bonchev–Trinajstić information content (AvgIpc) is 4.49. The van der Waals surface area contributed by atoms with Crippen LogP contribution in [0.15, 0.2) is 227 Å². The molecule has 0 N–H and O–H groups in total. The van der Waals surface area contributed by atoms with Crippen LogP contribution in [-0.2, 0) is 0 Å². The molecule has 17 aromatic rings. The van der Waals surface area contributed by atoms with E-state index < -0.39 is 0 Å². The number of aromatic nitrogens is 4. The molecule has 0 saturated heterocycles. The lowest BCUT2D eigenvalue weighted by molar-refractivity contribution is 0.669. The van der Waals surface area contributed by atoms with E-state index >= 15 is 0 Å². The molecule has 0 aliphatic carbocycles. The van der Waals surface area contributed by atoms with Crippen molar-refractivity contribution in [2.45, 2.75) is 0 Å². The van der Waals surface area contributed by atoms with E-state index in [0.29, 0.717) is 34.0 Å². The van der Waals surface area contributed by atoms with E-state index in [1.165, 1.54) is 0 Å². The van der Waals surface area contributed by atoms with Crippen molar-refractivity contribution in [3.63, 3.8) is 0 Å². The van der Waals surface area contributed by atoms with Crippen molar-refractivity contribution >= 4 is 137 Å².